The molecular weight excluding hydrogens is 234 g/mol. The largest absolute Gasteiger partial charge is 0.309 e. The van der Waals surface area contributed by atoms with Gasteiger partial charge in [-0.15, -0.1) is 0 Å². The van der Waals surface area contributed by atoms with Crippen LogP contribution in [0, 0.1) is 5.92 Å². The lowest BCUT2D eigenvalue weighted by Crippen LogP contribution is -2.33. The van der Waals surface area contributed by atoms with Gasteiger partial charge in [-0.05, 0) is 43.5 Å². The molecule has 1 fully saturated rings. The molecule has 1 aromatic heterocycles. The van der Waals surface area contributed by atoms with E-state index in [2.05, 4.69) is 52.4 Å². The van der Waals surface area contributed by atoms with Crippen LogP contribution in [0.2, 0.25) is 0 Å². The van der Waals surface area contributed by atoms with Gasteiger partial charge < -0.3 is 5.32 Å². The van der Waals surface area contributed by atoms with Gasteiger partial charge in [0.15, 0.2) is 0 Å². The summed E-state index contributed by atoms with van der Waals surface area (Å²) in [4.78, 5) is 0. The number of nitrogens with one attached hydrogen (secondary N) is 1. The molecule has 0 amide bonds. The SMILES string of the molecule is CCNC(c1ccnn1-c1ccccc1)C1CCC1. The van der Waals surface area contributed by atoms with Crippen molar-refractivity contribution in [2.75, 3.05) is 6.54 Å². The second-order valence-corrected chi connectivity index (χ2v) is 5.23. The fourth-order valence-electron chi connectivity index (χ4n) is 2.84. The minimum absolute atomic E-state index is 0.432. The van der Waals surface area contributed by atoms with Crippen molar-refractivity contribution in [3.8, 4) is 5.69 Å². The Labute approximate surface area is 114 Å². The molecule has 3 rings (SSSR count). The van der Waals surface area contributed by atoms with Crippen LogP contribution in [-0.2, 0) is 0 Å². The van der Waals surface area contributed by atoms with Crippen LogP contribution in [0.15, 0.2) is 42.6 Å². The quantitative estimate of drug-likeness (QED) is 0.888. The van der Waals surface area contributed by atoms with Crippen molar-refractivity contribution in [2.45, 2.75) is 32.2 Å². The molecule has 1 atom stereocenters. The van der Waals surface area contributed by atoms with E-state index in [-0.39, 0.29) is 0 Å². The molecule has 1 N–H and O–H groups in total. The molecule has 3 nitrogen and oxygen atoms in total. The van der Waals surface area contributed by atoms with Gasteiger partial charge in [0.1, 0.15) is 0 Å². The summed E-state index contributed by atoms with van der Waals surface area (Å²) in [6.45, 7) is 3.18. The normalized spacial score (nSPS) is 17.1. The molecule has 1 heterocycles. The second kappa shape index (κ2) is 5.57. The number of rotatable bonds is 5. The standard InChI is InChI=1S/C16H21N3/c1-2-17-16(13-7-6-8-13)15-11-12-18-19(15)14-9-4-3-5-10-14/h3-5,9-13,16-17H,2,6-8H2,1H3. The van der Waals surface area contributed by atoms with Crippen LogP contribution < -0.4 is 5.32 Å². The maximum absolute atomic E-state index is 4.51. The average Bonchev–Trinajstić information content (AvgIpc) is 2.86. The van der Waals surface area contributed by atoms with Crippen molar-refractivity contribution >= 4 is 0 Å². The second-order valence-electron chi connectivity index (χ2n) is 5.23. The summed E-state index contributed by atoms with van der Waals surface area (Å²) >= 11 is 0. The first-order valence-corrected chi connectivity index (χ1v) is 7.23. The van der Waals surface area contributed by atoms with E-state index in [9.17, 15) is 0 Å². The summed E-state index contributed by atoms with van der Waals surface area (Å²) in [6, 6.07) is 13.0. The Bertz CT molecular complexity index is 514. The molecule has 1 aromatic carbocycles. The topological polar surface area (TPSA) is 29.9 Å². The molecule has 1 aliphatic carbocycles. The van der Waals surface area contributed by atoms with E-state index in [0.29, 0.717) is 6.04 Å². The Morgan fingerprint density at radius 3 is 2.68 bits per heavy atom. The van der Waals surface area contributed by atoms with E-state index in [1.165, 1.54) is 25.0 Å². The lowest BCUT2D eigenvalue weighted by atomic mass is 9.78. The predicted molar refractivity (Wildman–Crippen MR) is 77.3 cm³/mol. The highest BCUT2D eigenvalue weighted by molar-refractivity contribution is 5.33. The number of hydrogen-bond donors (Lipinski definition) is 1. The maximum Gasteiger partial charge on any atom is 0.0649 e. The van der Waals surface area contributed by atoms with Crippen LogP contribution in [0.4, 0.5) is 0 Å². The van der Waals surface area contributed by atoms with Crippen molar-refractivity contribution in [3.63, 3.8) is 0 Å². The number of para-hydroxylation sites is 1. The molecule has 0 spiro atoms. The van der Waals surface area contributed by atoms with Crippen molar-refractivity contribution in [2.24, 2.45) is 5.92 Å². The van der Waals surface area contributed by atoms with Crippen molar-refractivity contribution < 1.29 is 0 Å². The van der Waals surface area contributed by atoms with E-state index in [4.69, 9.17) is 0 Å². The third-order valence-corrected chi connectivity index (χ3v) is 4.04. The number of benzene rings is 1. The zero-order chi connectivity index (χ0) is 13.1. The maximum atomic E-state index is 4.51. The molecule has 2 aromatic rings. The van der Waals surface area contributed by atoms with E-state index >= 15 is 0 Å². The Kier molecular flexibility index (Phi) is 3.65. The first-order chi connectivity index (χ1) is 9.40. The van der Waals surface area contributed by atoms with E-state index < -0.39 is 0 Å². The van der Waals surface area contributed by atoms with Crippen LogP contribution >= 0.6 is 0 Å². The van der Waals surface area contributed by atoms with Crippen LogP contribution in [-0.4, -0.2) is 16.3 Å². The molecule has 0 aliphatic heterocycles. The van der Waals surface area contributed by atoms with E-state index in [0.717, 1.165) is 18.2 Å². The summed E-state index contributed by atoms with van der Waals surface area (Å²) in [5, 5.41) is 8.14. The molecular formula is C16H21N3. The molecule has 1 unspecified atom stereocenters. The number of aromatic nitrogens is 2. The van der Waals surface area contributed by atoms with Gasteiger partial charge in [-0.2, -0.15) is 5.10 Å². The van der Waals surface area contributed by atoms with E-state index in [1.54, 1.807) is 0 Å². The first kappa shape index (κ1) is 12.4. The smallest absolute Gasteiger partial charge is 0.0649 e. The third kappa shape index (κ3) is 2.43. The summed E-state index contributed by atoms with van der Waals surface area (Å²) in [6.07, 6.45) is 5.94. The molecule has 0 bridgehead atoms. The molecule has 1 aliphatic rings. The first-order valence-electron chi connectivity index (χ1n) is 7.23. The fourth-order valence-corrected chi connectivity index (χ4v) is 2.84. The molecule has 100 valence electrons. The van der Waals surface area contributed by atoms with E-state index in [1.807, 2.05) is 12.3 Å². The molecule has 0 radical (unpaired) electrons. The molecule has 19 heavy (non-hydrogen) atoms. The Balaban J connectivity index is 1.93. The summed E-state index contributed by atoms with van der Waals surface area (Å²) in [7, 11) is 0. The minimum atomic E-state index is 0.432. The average molecular weight is 255 g/mol. The van der Waals surface area contributed by atoms with Gasteiger partial charge in [0.25, 0.3) is 0 Å². The number of nitrogens with zero attached hydrogens (tertiary/aromatic N) is 2. The molecule has 3 heteroatoms. The molecule has 0 saturated heterocycles. The van der Waals surface area contributed by atoms with Gasteiger partial charge >= 0.3 is 0 Å². The van der Waals surface area contributed by atoms with Crippen LogP contribution in [0.3, 0.4) is 0 Å². The fraction of sp³-hybridized carbons (Fsp3) is 0.438. The van der Waals surface area contributed by atoms with Crippen molar-refractivity contribution in [3.05, 3.63) is 48.3 Å². The Hall–Kier alpha value is -1.61. The highest BCUT2D eigenvalue weighted by Crippen LogP contribution is 2.38. The Morgan fingerprint density at radius 1 is 1.26 bits per heavy atom. The van der Waals surface area contributed by atoms with Gasteiger partial charge in [-0.25, -0.2) is 4.68 Å². The van der Waals surface area contributed by atoms with Crippen LogP contribution in [0.1, 0.15) is 37.9 Å². The zero-order valence-corrected chi connectivity index (χ0v) is 11.4. The summed E-state index contributed by atoms with van der Waals surface area (Å²) in [5.41, 5.74) is 2.43. The van der Waals surface area contributed by atoms with Crippen molar-refractivity contribution in [1.29, 1.82) is 0 Å². The van der Waals surface area contributed by atoms with Gasteiger partial charge in [-0.3, -0.25) is 0 Å². The highest BCUT2D eigenvalue weighted by atomic mass is 15.3. The summed E-state index contributed by atoms with van der Waals surface area (Å²) < 4.78 is 2.08. The van der Waals surface area contributed by atoms with Gasteiger partial charge in [0.05, 0.1) is 17.4 Å². The molecule has 1 saturated carbocycles. The highest BCUT2D eigenvalue weighted by Gasteiger charge is 2.30. The minimum Gasteiger partial charge on any atom is -0.309 e. The predicted octanol–water partition coefficient (Wildman–Crippen LogP) is 3.32. The third-order valence-electron chi connectivity index (χ3n) is 4.04. The van der Waals surface area contributed by atoms with Gasteiger partial charge in [-0.1, -0.05) is 31.5 Å². The van der Waals surface area contributed by atoms with Crippen LogP contribution in [0.25, 0.3) is 5.69 Å². The summed E-state index contributed by atoms with van der Waals surface area (Å²) in [5.74, 6) is 0.763. The lowest BCUT2D eigenvalue weighted by molar-refractivity contribution is 0.227. The lowest BCUT2D eigenvalue weighted by Gasteiger charge is -2.34. The van der Waals surface area contributed by atoms with Gasteiger partial charge in [0.2, 0.25) is 0 Å². The monoisotopic (exact) mass is 255 g/mol. The Morgan fingerprint density at radius 2 is 2.05 bits per heavy atom. The van der Waals surface area contributed by atoms with Crippen molar-refractivity contribution in [1.82, 2.24) is 15.1 Å². The van der Waals surface area contributed by atoms with Gasteiger partial charge in [0, 0.05) is 6.20 Å². The zero-order valence-electron chi connectivity index (χ0n) is 11.4. The number of hydrogen-bond acceptors (Lipinski definition) is 2. The van der Waals surface area contributed by atoms with Crippen LogP contribution in [0.5, 0.6) is 0 Å².